The summed E-state index contributed by atoms with van der Waals surface area (Å²) in [5, 5.41) is 2.83. The highest BCUT2D eigenvalue weighted by Gasteiger charge is 2.21. The molecule has 0 aliphatic heterocycles. The number of nitrogens with zero attached hydrogens (tertiary/aromatic N) is 1. The van der Waals surface area contributed by atoms with E-state index >= 15 is 0 Å². The number of sulfonamides is 1. The molecule has 2 aromatic carbocycles. The van der Waals surface area contributed by atoms with Crippen molar-refractivity contribution >= 4 is 27.3 Å². The number of aryl methyl sites for hydroxylation is 1. The summed E-state index contributed by atoms with van der Waals surface area (Å²) >= 11 is 0. The molecule has 1 amide bonds. The standard InChI is InChI=1S/C19H24N2O3S/c1-14(2)17-7-5-6-8-18(17)20-19(22)13-21(25(4,23)24)16-11-9-15(3)10-12-16/h5-12,14H,13H2,1-4H3,(H,20,22). The normalized spacial score (nSPS) is 11.4. The van der Waals surface area contributed by atoms with E-state index in [1.165, 1.54) is 0 Å². The van der Waals surface area contributed by atoms with Crippen molar-refractivity contribution in [3.63, 3.8) is 0 Å². The smallest absolute Gasteiger partial charge is 0.245 e. The van der Waals surface area contributed by atoms with E-state index < -0.39 is 10.0 Å². The fraction of sp³-hybridized carbons (Fsp3) is 0.316. The molecule has 0 heterocycles. The number of carbonyl (C=O) groups excluding carboxylic acids is 1. The van der Waals surface area contributed by atoms with E-state index in [0.717, 1.165) is 21.7 Å². The number of hydrogen-bond donors (Lipinski definition) is 1. The molecule has 0 aromatic heterocycles. The lowest BCUT2D eigenvalue weighted by Gasteiger charge is -2.22. The van der Waals surface area contributed by atoms with Gasteiger partial charge in [0.1, 0.15) is 6.54 Å². The van der Waals surface area contributed by atoms with Crippen molar-refractivity contribution in [2.75, 3.05) is 22.4 Å². The maximum Gasteiger partial charge on any atom is 0.245 e. The van der Waals surface area contributed by atoms with Crippen LogP contribution in [0, 0.1) is 6.92 Å². The van der Waals surface area contributed by atoms with Crippen LogP contribution in [0.2, 0.25) is 0 Å². The van der Waals surface area contributed by atoms with Gasteiger partial charge in [0, 0.05) is 5.69 Å². The van der Waals surface area contributed by atoms with Gasteiger partial charge in [-0.25, -0.2) is 8.42 Å². The van der Waals surface area contributed by atoms with E-state index in [4.69, 9.17) is 0 Å². The number of benzene rings is 2. The average molecular weight is 360 g/mol. The molecule has 6 heteroatoms. The molecule has 0 saturated carbocycles. The summed E-state index contributed by atoms with van der Waals surface area (Å²) in [6.45, 7) is 5.73. The summed E-state index contributed by atoms with van der Waals surface area (Å²) < 4.78 is 25.4. The molecule has 0 atom stereocenters. The van der Waals surface area contributed by atoms with Gasteiger partial charge in [-0.05, 0) is 36.6 Å². The van der Waals surface area contributed by atoms with Gasteiger partial charge in [-0.15, -0.1) is 0 Å². The molecule has 0 radical (unpaired) electrons. The third-order valence-electron chi connectivity index (χ3n) is 3.87. The van der Waals surface area contributed by atoms with E-state index in [2.05, 4.69) is 5.32 Å². The fourth-order valence-electron chi connectivity index (χ4n) is 2.55. The largest absolute Gasteiger partial charge is 0.324 e. The Balaban J connectivity index is 2.23. The predicted molar refractivity (Wildman–Crippen MR) is 103 cm³/mol. The van der Waals surface area contributed by atoms with Crippen molar-refractivity contribution in [3.05, 3.63) is 59.7 Å². The van der Waals surface area contributed by atoms with Crippen LogP contribution in [-0.4, -0.2) is 27.1 Å². The molecule has 2 aromatic rings. The van der Waals surface area contributed by atoms with Gasteiger partial charge in [0.05, 0.1) is 11.9 Å². The van der Waals surface area contributed by atoms with E-state index in [0.29, 0.717) is 11.4 Å². The monoisotopic (exact) mass is 360 g/mol. The fourth-order valence-corrected chi connectivity index (χ4v) is 3.40. The van der Waals surface area contributed by atoms with Gasteiger partial charge in [0.2, 0.25) is 15.9 Å². The number of hydrogen-bond acceptors (Lipinski definition) is 3. The van der Waals surface area contributed by atoms with Crippen LogP contribution in [0.4, 0.5) is 11.4 Å². The SMILES string of the molecule is Cc1ccc(N(CC(=O)Nc2ccccc2C(C)C)S(C)(=O)=O)cc1. The molecule has 0 unspecified atom stereocenters. The van der Waals surface area contributed by atoms with Gasteiger partial charge in [0.15, 0.2) is 0 Å². The maximum absolute atomic E-state index is 12.5. The summed E-state index contributed by atoms with van der Waals surface area (Å²) in [4.78, 5) is 12.5. The molecule has 0 fully saturated rings. The molecule has 1 N–H and O–H groups in total. The van der Waals surface area contributed by atoms with E-state index in [1.807, 2.05) is 57.2 Å². The summed E-state index contributed by atoms with van der Waals surface area (Å²) in [7, 11) is -3.57. The van der Waals surface area contributed by atoms with Gasteiger partial charge in [-0.2, -0.15) is 0 Å². The second-order valence-corrected chi connectivity index (χ2v) is 8.30. The van der Waals surface area contributed by atoms with Gasteiger partial charge >= 0.3 is 0 Å². The second-order valence-electron chi connectivity index (χ2n) is 6.40. The van der Waals surface area contributed by atoms with E-state index in [9.17, 15) is 13.2 Å². The number of para-hydroxylation sites is 1. The Bertz CT molecular complexity index is 843. The van der Waals surface area contributed by atoms with Crippen LogP contribution in [0.15, 0.2) is 48.5 Å². The number of amides is 1. The third kappa shape index (κ3) is 5.06. The lowest BCUT2D eigenvalue weighted by molar-refractivity contribution is -0.114. The minimum atomic E-state index is -3.57. The number of carbonyl (C=O) groups is 1. The first-order chi connectivity index (χ1) is 11.7. The van der Waals surface area contributed by atoms with E-state index in [-0.39, 0.29) is 18.4 Å². The van der Waals surface area contributed by atoms with Crippen molar-refractivity contribution in [1.82, 2.24) is 0 Å². The summed E-state index contributed by atoms with van der Waals surface area (Å²) in [6.07, 6.45) is 1.10. The quantitative estimate of drug-likeness (QED) is 0.857. The minimum Gasteiger partial charge on any atom is -0.324 e. The number of nitrogens with one attached hydrogen (secondary N) is 1. The van der Waals surface area contributed by atoms with Crippen molar-refractivity contribution in [2.45, 2.75) is 26.7 Å². The Morgan fingerprint density at radius 1 is 1.08 bits per heavy atom. The highest BCUT2D eigenvalue weighted by atomic mass is 32.2. The molecule has 0 aliphatic carbocycles. The van der Waals surface area contributed by atoms with Crippen LogP contribution < -0.4 is 9.62 Å². The topological polar surface area (TPSA) is 66.5 Å². The van der Waals surface area contributed by atoms with Gasteiger partial charge in [0.25, 0.3) is 0 Å². The molecule has 134 valence electrons. The zero-order valence-electron chi connectivity index (χ0n) is 15.0. The first-order valence-electron chi connectivity index (χ1n) is 8.11. The van der Waals surface area contributed by atoms with Gasteiger partial charge in [-0.3, -0.25) is 9.10 Å². The second kappa shape index (κ2) is 7.70. The van der Waals surface area contributed by atoms with Gasteiger partial charge < -0.3 is 5.32 Å². The zero-order valence-corrected chi connectivity index (χ0v) is 15.8. The first kappa shape index (κ1) is 19.0. The number of anilines is 2. The Morgan fingerprint density at radius 3 is 2.24 bits per heavy atom. The van der Waals surface area contributed by atoms with Crippen molar-refractivity contribution in [2.24, 2.45) is 0 Å². The van der Waals surface area contributed by atoms with Crippen LogP contribution in [0.5, 0.6) is 0 Å². The molecular formula is C19H24N2O3S. The Hall–Kier alpha value is -2.34. The molecule has 25 heavy (non-hydrogen) atoms. The van der Waals surface area contributed by atoms with Crippen LogP contribution >= 0.6 is 0 Å². The molecule has 0 spiro atoms. The summed E-state index contributed by atoms with van der Waals surface area (Å²) in [5.74, 6) is -0.126. The van der Waals surface area contributed by atoms with Crippen LogP contribution in [0.1, 0.15) is 30.9 Å². The third-order valence-corrected chi connectivity index (χ3v) is 5.01. The molecular weight excluding hydrogens is 336 g/mol. The van der Waals surface area contributed by atoms with Crippen LogP contribution in [0.25, 0.3) is 0 Å². The molecule has 0 aliphatic rings. The average Bonchev–Trinajstić information content (AvgIpc) is 2.53. The van der Waals surface area contributed by atoms with E-state index in [1.54, 1.807) is 12.1 Å². The lowest BCUT2D eigenvalue weighted by Crippen LogP contribution is -2.37. The van der Waals surface area contributed by atoms with Crippen LogP contribution in [0.3, 0.4) is 0 Å². The minimum absolute atomic E-state index is 0.250. The van der Waals surface area contributed by atoms with Crippen molar-refractivity contribution in [3.8, 4) is 0 Å². The Labute approximate surface area is 149 Å². The van der Waals surface area contributed by atoms with Crippen molar-refractivity contribution < 1.29 is 13.2 Å². The Kier molecular flexibility index (Phi) is 5.85. The summed E-state index contributed by atoms with van der Waals surface area (Å²) in [6, 6.07) is 14.6. The number of rotatable bonds is 6. The highest BCUT2D eigenvalue weighted by Crippen LogP contribution is 2.24. The first-order valence-corrected chi connectivity index (χ1v) is 9.96. The molecule has 0 saturated heterocycles. The lowest BCUT2D eigenvalue weighted by atomic mass is 10.0. The Morgan fingerprint density at radius 2 is 1.68 bits per heavy atom. The molecule has 2 rings (SSSR count). The highest BCUT2D eigenvalue weighted by molar-refractivity contribution is 7.92. The van der Waals surface area contributed by atoms with Crippen molar-refractivity contribution in [1.29, 1.82) is 0 Å². The van der Waals surface area contributed by atoms with Gasteiger partial charge in [-0.1, -0.05) is 49.7 Å². The zero-order chi connectivity index (χ0) is 18.6. The predicted octanol–water partition coefficient (Wildman–Crippen LogP) is 3.52. The molecule has 5 nitrogen and oxygen atoms in total. The summed E-state index contributed by atoms with van der Waals surface area (Å²) in [5.41, 5.74) is 3.21. The maximum atomic E-state index is 12.5. The molecule has 0 bridgehead atoms. The van der Waals surface area contributed by atoms with Crippen LogP contribution in [-0.2, 0) is 14.8 Å².